The summed E-state index contributed by atoms with van der Waals surface area (Å²) in [4.78, 5) is 17.5. The van der Waals surface area contributed by atoms with Crippen molar-refractivity contribution in [1.29, 1.82) is 0 Å². The Bertz CT molecular complexity index is 1980. The van der Waals surface area contributed by atoms with E-state index in [-0.39, 0.29) is 23.0 Å². The molecule has 1 aliphatic heterocycles. The topological polar surface area (TPSA) is 144 Å². The van der Waals surface area contributed by atoms with Gasteiger partial charge in [-0.15, -0.1) is 0 Å². The van der Waals surface area contributed by atoms with Crippen LogP contribution in [0.2, 0.25) is 0 Å². The van der Waals surface area contributed by atoms with E-state index < -0.39 is 26.0 Å². The molecule has 0 atom stereocenters. The Kier molecular flexibility index (Phi) is 7.51. The lowest BCUT2D eigenvalue weighted by atomic mass is 9.81. The quantitative estimate of drug-likeness (QED) is 0.320. The highest BCUT2D eigenvalue weighted by Crippen LogP contribution is 2.47. The standard InChI is InChI=1S/C30H33N5O6S2/c1-34(2)43(39,40)33-29(36)21-13-14-24-25(16-21)35-17-22(30-31-26(32-41-30)18-42(3,37)38)15-20-11-7-8-12-23(20)28(35)27(24)19-9-5-4-6-10-19/h7-8,11-16,19H,4-6,9-10,17-18H2,1-3H3,(H,33,36). The minimum atomic E-state index is -3.98. The Morgan fingerprint density at radius 2 is 1.81 bits per heavy atom. The lowest BCUT2D eigenvalue weighted by Crippen LogP contribution is -2.39. The van der Waals surface area contributed by atoms with Crippen LogP contribution < -0.4 is 4.72 Å². The molecule has 0 spiro atoms. The maximum atomic E-state index is 13.1. The Morgan fingerprint density at radius 1 is 1.07 bits per heavy atom. The molecule has 6 rings (SSSR count). The molecular weight excluding hydrogens is 590 g/mol. The second kappa shape index (κ2) is 11.0. The summed E-state index contributed by atoms with van der Waals surface area (Å²) in [5, 5.41) is 4.92. The highest BCUT2D eigenvalue weighted by Gasteiger charge is 2.31. The zero-order valence-corrected chi connectivity index (χ0v) is 25.8. The van der Waals surface area contributed by atoms with Crippen LogP contribution >= 0.6 is 0 Å². The Hall–Kier alpha value is -3.81. The highest BCUT2D eigenvalue weighted by atomic mass is 32.2. The average Bonchev–Trinajstić information content (AvgIpc) is 3.49. The summed E-state index contributed by atoms with van der Waals surface area (Å²) < 4.78 is 59.3. The highest BCUT2D eigenvalue weighted by molar-refractivity contribution is 7.89. The average molecular weight is 624 g/mol. The molecule has 4 aromatic rings. The third-order valence-electron chi connectivity index (χ3n) is 8.09. The van der Waals surface area contributed by atoms with Gasteiger partial charge >= 0.3 is 10.2 Å². The van der Waals surface area contributed by atoms with Crippen molar-refractivity contribution >= 4 is 48.5 Å². The molecule has 3 heterocycles. The number of carbonyl (C=O) groups excluding carboxylic acids is 1. The molecule has 2 aliphatic rings. The first-order chi connectivity index (χ1) is 20.4. The number of fused-ring (bicyclic) bond motifs is 5. The molecule has 1 amide bonds. The summed E-state index contributed by atoms with van der Waals surface area (Å²) in [6, 6.07) is 13.4. The van der Waals surface area contributed by atoms with E-state index in [1.165, 1.54) is 26.1 Å². The monoisotopic (exact) mass is 623 g/mol. The molecule has 11 nitrogen and oxygen atoms in total. The molecule has 1 aliphatic carbocycles. The summed E-state index contributed by atoms with van der Waals surface area (Å²) in [6.45, 7) is 0.314. The van der Waals surface area contributed by atoms with E-state index in [4.69, 9.17) is 4.52 Å². The van der Waals surface area contributed by atoms with Crippen LogP contribution in [0.15, 0.2) is 47.0 Å². The van der Waals surface area contributed by atoms with E-state index in [0.717, 1.165) is 64.0 Å². The Balaban J connectivity index is 1.55. The largest absolute Gasteiger partial charge is 0.335 e. The van der Waals surface area contributed by atoms with Gasteiger partial charge in [-0.05, 0) is 48.1 Å². The fourth-order valence-corrected chi connectivity index (χ4v) is 7.21. The zero-order valence-electron chi connectivity index (χ0n) is 24.2. The summed E-state index contributed by atoms with van der Waals surface area (Å²) in [5.41, 5.74) is 5.91. The van der Waals surface area contributed by atoms with Crippen LogP contribution in [0.4, 0.5) is 0 Å². The van der Waals surface area contributed by atoms with Gasteiger partial charge in [-0.3, -0.25) is 4.79 Å². The van der Waals surface area contributed by atoms with Gasteiger partial charge in [0.25, 0.3) is 11.8 Å². The first kappa shape index (κ1) is 29.3. The molecule has 1 fully saturated rings. The number of benzene rings is 2. The Morgan fingerprint density at radius 3 is 2.53 bits per heavy atom. The van der Waals surface area contributed by atoms with Gasteiger partial charge in [-0.25, -0.2) is 13.1 Å². The molecule has 1 saturated carbocycles. The maximum Gasteiger partial charge on any atom is 0.303 e. The number of hydrogen-bond donors (Lipinski definition) is 1. The molecule has 0 saturated heterocycles. The van der Waals surface area contributed by atoms with E-state index in [1.807, 2.05) is 30.3 Å². The van der Waals surface area contributed by atoms with E-state index in [9.17, 15) is 21.6 Å². The van der Waals surface area contributed by atoms with Crippen LogP contribution in [0.1, 0.15) is 71.2 Å². The lowest BCUT2D eigenvalue weighted by molar-refractivity contribution is 0.0979. The van der Waals surface area contributed by atoms with Crippen molar-refractivity contribution in [3.05, 3.63) is 70.9 Å². The van der Waals surface area contributed by atoms with Crippen molar-refractivity contribution in [2.24, 2.45) is 0 Å². The van der Waals surface area contributed by atoms with Crippen LogP contribution in [-0.4, -0.2) is 62.1 Å². The predicted molar refractivity (Wildman–Crippen MR) is 164 cm³/mol. The number of amides is 1. The van der Waals surface area contributed by atoms with Crippen molar-refractivity contribution < 1.29 is 26.2 Å². The lowest BCUT2D eigenvalue weighted by Gasteiger charge is -2.24. The van der Waals surface area contributed by atoms with Gasteiger partial charge in [0.05, 0.1) is 12.2 Å². The second-order valence-electron chi connectivity index (χ2n) is 11.5. The van der Waals surface area contributed by atoms with E-state index in [2.05, 4.69) is 25.5 Å². The maximum absolute atomic E-state index is 13.1. The first-order valence-electron chi connectivity index (χ1n) is 14.1. The van der Waals surface area contributed by atoms with Gasteiger partial charge in [-0.1, -0.05) is 54.8 Å². The van der Waals surface area contributed by atoms with Crippen LogP contribution in [-0.2, 0) is 32.3 Å². The van der Waals surface area contributed by atoms with Gasteiger partial charge in [-0.2, -0.15) is 17.7 Å². The molecular formula is C30H33N5O6S2. The summed E-state index contributed by atoms with van der Waals surface area (Å²) >= 11 is 0. The fraction of sp³-hybridized carbons (Fsp3) is 0.367. The molecule has 0 radical (unpaired) electrons. The van der Waals surface area contributed by atoms with Crippen LogP contribution in [0.5, 0.6) is 0 Å². The van der Waals surface area contributed by atoms with E-state index in [1.54, 1.807) is 12.1 Å². The van der Waals surface area contributed by atoms with Gasteiger partial charge in [0.2, 0.25) is 0 Å². The molecule has 226 valence electrons. The number of nitrogens with zero attached hydrogens (tertiary/aromatic N) is 4. The number of aromatic nitrogens is 3. The third-order valence-corrected chi connectivity index (χ3v) is 10.3. The van der Waals surface area contributed by atoms with Gasteiger partial charge in [0, 0.05) is 48.0 Å². The number of hydrogen-bond acceptors (Lipinski definition) is 8. The van der Waals surface area contributed by atoms with Crippen molar-refractivity contribution in [1.82, 2.24) is 23.7 Å². The second-order valence-corrected chi connectivity index (χ2v) is 15.5. The SMILES string of the molecule is CN(C)S(=O)(=O)NC(=O)c1ccc2c(C3CCCCC3)c3n(c2c1)CC(c1nc(CS(C)(=O)=O)no1)=Cc1ccccc1-3. The number of sulfone groups is 1. The molecule has 13 heteroatoms. The van der Waals surface area contributed by atoms with Crippen LogP contribution in [0.3, 0.4) is 0 Å². The number of rotatable bonds is 7. The smallest absolute Gasteiger partial charge is 0.303 e. The number of nitrogens with one attached hydrogen (secondary N) is 1. The molecule has 2 aromatic heterocycles. The number of carbonyl (C=O) groups is 1. The third kappa shape index (κ3) is 5.76. The zero-order chi connectivity index (χ0) is 30.5. The summed E-state index contributed by atoms with van der Waals surface area (Å²) in [7, 11) is -4.64. The van der Waals surface area contributed by atoms with Gasteiger partial charge < -0.3 is 9.09 Å². The normalized spacial score (nSPS) is 16.0. The van der Waals surface area contributed by atoms with E-state index in [0.29, 0.717) is 18.0 Å². The summed E-state index contributed by atoms with van der Waals surface area (Å²) in [6.07, 6.45) is 8.67. The molecule has 0 bridgehead atoms. The Labute approximate surface area is 250 Å². The summed E-state index contributed by atoms with van der Waals surface area (Å²) in [5.74, 6) is -0.443. The van der Waals surface area contributed by atoms with Crippen molar-refractivity contribution in [2.45, 2.75) is 50.3 Å². The number of allylic oxidation sites excluding steroid dienone is 1. The minimum absolute atomic E-state index is 0.0810. The van der Waals surface area contributed by atoms with Crippen molar-refractivity contribution in [2.75, 3.05) is 20.4 Å². The first-order valence-corrected chi connectivity index (χ1v) is 17.6. The van der Waals surface area contributed by atoms with Crippen molar-refractivity contribution in [3.63, 3.8) is 0 Å². The van der Waals surface area contributed by atoms with Gasteiger partial charge in [0.15, 0.2) is 15.7 Å². The van der Waals surface area contributed by atoms with E-state index >= 15 is 0 Å². The van der Waals surface area contributed by atoms with Gasteiger partial charge in [0.1, 0.15) is 5.75 Å². The van der Waals surface area contributed by atoms with Crippen LogP contribution in [0.25, 0.3) is 33.8 Å². The molecule has 1 N–H and O–H groups in total. The fourth-order valence-electron chi connectivity index (χ4n) is 6.09. The predicted octanol–water partition coefficient (Wildman–Crippen LogP) is 4.37. The molecule has 43 heavy (non-hydrogen) atoms. The van der Waals surface area contributed by atoms with Crippen LogP contribution in [0, 0.1) is 0 Å². The molecule has 2 aromatic carbocycles. The minimum Gasteiger partial charge on any atom is -0.335 e. The van der Waals surface area contributed by atoms with Crippen molar-refractivity contribution in [3.8, 4) is 11.3 Å². The molecule has 0 unspecified atom stereocenters.